The Hall–Kier alpha value is -1.61. The zero-order valence-corrected chi connectivity index (χ0v) is 12.1. The van der Waals surface area contributed by atoms with Gasteiger partial charge in [0.05, 0.1) is 0 Å². The molecule has 2 aromatic rings. The minimum atomic E-state index is 0.928. The number of imidazole rings is 1. The Bertz CT molecular complexity index is 529. The standard InChI is InChI=1S/C16H23N3/c1-4-8-17-12-14-7-6-13(3)15(11-14)19-10-9-18-16(19)5-2/h6-7,9-11,17H,4-5,8,12H2,1-3H3. The van der Waals surface area contributed by atoms with Gasteiger partial charge in [-0.3, -0.25) is 0 Å². The van der Waals surface area contributed by atoms with Crippen molar-refractivity contribution in [3.05, 3.63) is 47.5 Å². The number of nitrogens with one attached hydrogen (secondary N) is 1. The van der Waals surface area contributed by atoms with Gasteiger partial charge in [-0.05, 0) is 37.1 Å². The van der Waals surface area contributed by atoms with Crippen molar-refractivity contribution in [1.29, 1.82) is 0 Å². The van der Waals surface area contributed by atoms with Crippen LogP contribution in [0.1, 0.15) is 37.2 Å². The van der Waals surface area contributed by atoms with Crippen molar-refractivity contribution < 1.29 is 0 Å². The molecule has 2 rings (SSSR count). The third-order valence-electron chi connectivity index (χ3n) is 3.32. The lowest BCUT2D eigenvalue weighted by Crippen LogP contribution is -2.14. The van der Waals surface area contributed by atoms with Crippen LogP contribution in [0.25, 0.3) is 5.69 Å². The maximum atomic E-state index is 4.40. The lowest BCUT2D eigenvalue weighted by atomic mass is 10.1. The van der Waals surface area contributed by atoms with Crippen LogP contribution < -0.4 is 5.32 Å². The minimum absolute atomic E-state index is 0.928. The molecule has 1 aromatic carbocycles. The van der Waals surface area contributed by atoms with Crippen LogP contribution in [0.2, 0.25) is 0 Å². The van der Waals surface area contributed by atoms with E-state index in [2.05, 4.69) is 53.8 Å². The van der Waals surface area contributed by atoms with Crippen LogP contribution in [-0.2, 0) is 13.0 Å². The number of nitrogens with zero attached hydrogens (tertiary/aromatic N) is 2. The van der Waals surface area contributed by atoms with Crippen LogP contribution >= 0.6 is 0 Å². The van der Waals surface area contributed by atoms with Gasteiger partial charge in [-0.2, -0.15) is 0 Å². The molecule has 0 radical (unpaired) electrons. The van der Waals surface area contributed by atoms with E-state index >= 15 is 0 Å². The second-order valence-corrected chi connectivity index (χ2v) is 4.86. The van der Waals surface area contributed by atoms with E-state index in [1.807, 2.05) is 12.4 Å². The zero-order valence-electron chi connectivity index (χ0n) is 12.1. The normalized spacial score (nSPS) is 10.9. The summed E-state index contributed by atoms with van der Waals surface area (Å²) in [6.07, 6.45) is 6.04. The molecule has 3 nitrogen and oxygen atoms in total. The van der Waals surface area contributed by atoms with Crippen molar-refractivity contribution in [2.24, 2.45) is 0 Å². The molecule has 0 saturated heterocycles. The Morgan fingerprint density at radius 1 is 1.26 bits per heavy atom. The second kappa shape index (κ2) is 6.53. The summed E-state index contributed by atoms with van der Waals surface area (Å²) in [6, 6.07) is 6.65. The van der Waals surface area contributed by atoms with Crippen molar-refractivity contribution in [3.63, 3.8) is 0 Å². The molecule has 1 heterocycles. The molecule has 0 bridgehead atoms. The molecule has 1 aromatic heterocycles. The number of hydrogen-bond donors (Lipinski definition) is 1. The molecule has 0 amide bonds. The lowest BCUT2D eigenvalue weighted by molar-refractivity contribution is 0.675. The van der Waals surface area contributed by atoms with Gasteiger partial charge in [-0.1, -0.05) is 26.0 Å². The molecule has 102 valence electrons. The smallest absolute Gasteiger partial charge is 0.112 e. The van der Waals surface area contributed by atoms with E-state index < -0.39 is 0 Å². The van der Waals surface area contributed by atoms with E-state index in [1.54, 1.807) is 0 Å². The largest absolute Gasteiger partial charge is 0.313 e. The molecular formula is C16H23N3. The van der Waals surface area contributed by atoms with E-state index in [0.717, 1.165) is 25.3 Å². The molecular weight excluding hydrogens is 234 g/mol. The summed E-state index contributed by atoms with van der Waals surface area (Å²) in [6.45, 7) is 8.47. The summed E-state index contributed by atoms with van der Waals surface area (Å²) in [7, 11) is 0. The minimum Gasteiger partial charge on any atom is -0.313 e. The van der Waals surface area contributed by atoms with Gasteiger partial charge in [-0.15, -0.1) is 0 Å². The fraction of sp³-hybridized carbons (Fsp3) is 0.438. The van der Waals surface area contributed by atoms with E-state index in [4.69, 9.17) is 0 Å². The first-order valence-corrected chi connectivity index (χ1v) is 7.09. The molecule has 0 saturated carbocycles. The van der Waals surface area contributed by atoms with Gasteiger partial charge in [0.1, 0.15) is 5.82 Å². The summed E-state index contributed by atoms with van der Waals surface area (Å²) < 4.78 is 2.19. The number of benzene rings is 1. The summed E-state index contributed by atoms with van der Waals surface area (Å²) >= 11 is 0. The van der Waals surface area contributed by atoms with Crippen molar-refractivity contribution in [3.8, 4) is 5.69 Å². The van der Waals surface area contributed by atoms with Crippen LogP contribution in [-0.4, -0.2) is 16.1 Å². The lowest BCUT2D eigenvalue weighted by Gasteiger charge is -2.12. The Kier molecular flexibility index (Phi) is 4.74. The second-order valence-electron chi connectivity index (χ2n) is 4.86. The first-order valence-electron chi connectivity index (χ1n) is 7.09. The average Bonchev–Trinajstić information content (AvgIpc) is 2.89. The Balaban J connectivity index is 2.27. The van der Waals surface area contributed by atoms with Crippen LogP contribution in [0.5, 0.6) is 0 Å². The van der Waals surface area contributed by atoms with Gasteiger partial charge in [0.2, 0.25) is 0 Å². The van der Waals surface area contributed by atoms with Crippen molar-refractivity contribution >= 4 is 0 Å². The number of rotatable bonds is 6. The zero-order chi connectivity index (χ0) is 13.7. The molecule has 1 N–H and O–H groups in total. The maximum Gasteiger partial charge on any atom is 0.112 e. The predicted octanol–water partition coefficient (Wildman–Crippen LogP) is 3.24. The van der Waals surface area contributed by atoms with E-state index in [9.17, 15) is 0 Å². The summed E-state index contributed by atoms with van der Waals surface area (Å²) in [5, 5.41) is 3.45. The van der Waals surface area contributed by atoms with Crippen LogP contribution in [0.15, 0.2) is 30.6 Å². The fourth-order valence-electron chi connectivity index (χ4n) is 2.25. The Morgan fingerprint density at radius 2 is 2.11 bits per heavy atom. The monoisotopic (exact) mass is 257 g/mol. The van der Waals surface area contributed by atoms with Crippen molar-refractivity contribution in [2.45, 2.75) is 40.2 Å². The molecule has 0 spiro atoms. The van der Waals surface area contributed by atoms with Gasteiger partial charge in [0.15, 0.2) is 0 Å². The first-order chi connectivity index (χ1) is 9.26. The highest BCUT2D eigenvalue weighted by Gasteiger charge is 2.06. The molecule has 0 fully saturated rings. The Morgan fingerprint density at radius 3 is 2.84 bits per heavy atom. The average molecular weight is 257 g/mol. The predicted molar refractivity (Wildman–Crippen MR) is 79.7 cm³/mol. The first kappa shape index (κ1) is 13.8. The van der Waals surface area contributed by atoms with E-state index in [1.165, 1.54) is 23.2 Å². The third-order valence-corrected chi connectivity index (χ3v) is 3.32. The summed E-state index contributed by atoms with van der Waals surface area (Å²) in [5.74, 6) is 1.11. The quantitative estimate of drug-likeness (QED) is 0.805. The molecule has 19 heavy (non-hydrogen) atoms. The molecule has 0 atom stereocenters. The highest BCUT2D eigenvalue weighted by Crippen LogP contribution is 2.18. The molecule has 0 aliphatic rings. The van der Waals surface area contributed by atoms with Gasteiger partial charge in [0.25, 0.3) is 0 Å². The van der Waals surface area contributed by atoms with Gasteiger partial charge >= 0.3 is 0 Å². The SMILES string of the molecule is CCCNCc1ccc(C)c(-n2ccnc2CC)c1. The summed E-state index contributed by atoms with van der Waals surface area (Å²) in [4.78, 5) is 4.40. The van der Waals surface area contributed by atoms with Crippen molar-refractivity contribution in [1.82, 2.24) is 14.9 Å². The van der Waals surface area contributed by atoms with Crippen molar-refractivity contribution in [2.75, 3.05) is 6.54 Å². The van der Waals surface area contributed by atoms with E-state index in [-0.39, 0.29) is 0 Å². The molecule has 0 aliphatic heterocycles. The van der Waals surface area contributed by atoms with Crippen LogP contribution in [0.3, 0.4) is 0 Å². The summed E-state index contributed by atoms with van der Waals surface area (Å²) in [5.41, 5.74) is 3.85. The number of hydrogen-bond acceptors (Lipinski definition) is 2. The third kappa shape index (κ3) is 3.24. The van der Waals surface area contributed by atoms with Crippen LogP contribution in [0.4, 0.5) is 0 Å². The molecule has 0 unspecified atom stereocenters. The number of aryl methyl sites for hydroxylation is 2. The fourth-order valence-corrected chi connectivity index (χ4v) is 2.25. The number of aromatic nitrogens is 2. The highest BCUT2D eigenvalue weighted by atomic mass is 15.1. The van der Waals surface area contributed by atoms with Crippen LogP contribution in [0, 0.1) is 6.92 Å². The maximum absolute atomic E-state index is 4.40. The van der Waals surface area contributed by atoms with E-state index in [0.29, 0.717) is 0 Å². The van der Waals surface area contributed by atoms with Gasteiger partial charge in [0, 0.05) is 31.0 Å². The highest BCUT2D eigenvalue weighted by molar-refractivity contribution is 5.44. The topological polar surface area (TPSA) is 29.9 Å². The van der Waals surface area contributed by atoms with Gasteiger partial charge in [-0.25, -0.2) is 4.98 Å². The molecule has 3 heteroatoms. The Labute approximate surface area is 115 Å². The molecule has 0 aliphatic carbocycles. The van der Waals surface area contributed by atoms with Gasteiger partial charge < -0.3 is 9.88 Å².